The van der Waals surface area contributed by atoms with E-state index in [1.165, 1.54) is 11.8 Å². The highest BCUT2D eigenvalue weighted by Crippen LogP contribution is 2.18. The monoisotopic (exact) mass is 287 g/mol. The van der Waals surface area contributed by atoms with E-state index >= 15 is 0 Å². The van der Waals surface area contributed by atoms with Gasteiger partial charge in [-0.15, -0.1) is 11.8 Å². The molecule has 0 aliphatic rings. The molecule has 2 aromatic rings. The number of hydrogen-bond donors (Lipinski definition) is 3. The Balaban J connectivity index is 1.91. The van der Waals surface area contributed by atoms with Gasteiger partial charge in [-0.1, -0.05) is 0 Å². The second kappa shape index (κ2) is 6.86. The van der Waals surface area contributed by atoms with E-state index in [9.17, 15) is 4.79 Å². The number of rotatable bonds is 5. The summed E-state index contributed by atoms with van der Waals surface area (Å²) in [5, 5.41) is 2.73. The van der Waals surface area contributed by atoms with Crippen LogP contribution in [-0.4, -0.2) is 12.2 Å². The van der Waals surface area contributed by atoms with E-state index in [2.05, 4.69) is 34.6 Å². The predicted octanol–water partition coefficient (Wildman–Crippen LogP) is 3.81. The first kappa shape index (κ1) is 14.3. The zero-order valence-electron chi connectivity index (χ0n) is 11.4. The Morgan fingerprint density at radius 3 is 1.75 bits per heavy atom. The lowest BCUT2D eigenvalue weighted by atomic mass is 10.3. The molecule has 2 aromatic carbocycles. The van der Waals surface area contributed by atoms with Crippen molar-refractivity contribution in [3.8, 4) is 0 Å². The van der Waals surface area contributed by atoms with Crippen LogP contribution in [0.3, 0.4) is 0 Å². The van der Waals surface area contributed by atoms with Crippen LogP contribution in [0.25, 0.3) is 0 Å². The summed E-state index contributed by atoms with van der Waals surface area (Å²) < 4.78 is 0. The zero-order valence-corrected chi connectivity index (χ0v) is 12.3. The van der Waals surface area contributed by atoms with Gasteiger partial charge in [0.1, 0.15) is 0 Å². The fourth-order valence-electron chi connectivity index (χ4n) is 1.66. The molecular weight excluding hydrogens is 270 g/mol. The first-order valence-electron chi connectivity index (χ1n) is 6.21. The SMILES string of the molecule is CSc1ccc(NNc2ccc(NC(C)=O)cc2)cc1. The van der Waals surface area contributed by atoms with Crippen LogP contribution in [0.1, 0.15) is 6.92 Å². The fourth-order valence-corrected chi connectivity index (χ4v) is 2.07. The summed E-state index contributed by atoms with van der Waals surface area (Å²) in [7, 11) is 0. The Bertz CT molecular complexity index is 567. The Hall–Kier alpha value is -2.14. The Morgan fingerprint density at radius 1 is 0.850 bits per heavy atom. The van der Waals surface area contributed by atoms with Gasteiger partial charge in [-0.05, 0) is 54.8 Å². The number of carbonyl (C=O) groups excluding carboxylic acids is 1. The standard InChI is InChI=1S/C15H17N3OS/c1-11(19)16-12-3-5-13(6-4-12)17-18-14-7-9-15(20-2)10-8-14/h3-10,17-18H,1-2H3,(H,16,19). The Labute approximate surface area is 122 Å². The van der Waals surface area contributed by atoms with Crippen molar-refractivity contribution in [1.29, 1.82) is 0 Å². The van der Waals surface area contributed by atoms with E-state index in [0.29, 0.717) is 0 Å². The summed E-state index contributed by atoms with van der Waals surface area (Å²) in [5.41, 5.74) is 8.94. The minimum Gasteiger partial charge on any atom is -0.326 e. The number of hydrogen-bond acceptors (Lipinski definition) is 4. The Morgan fingerprint density at radius 2 is 1.30 bits per heavy atom. The minimum atomic E-state index is -0.0716. The molecule has 0 spiro atoms. The average molecular weight is 287 g/mol. The predicted molar refractivity (Wildman–Crippen MR) is 86.2 cm³/mol. The summed E-state index contributed by atoms with van der Waals surface area (Å²) in [4.78, 5) is 12.2. The van der Waals surface area contributed by atoms with Crippen LogP contribution in [0.4, 0.5) is 17.1 Å². The second-order valence-corrected chi connectivity index (χ2v) is 5.12. The number of thioether (sulfide) groups is 1. The molecule has 0 saturated carbocycles. The van der Waals surface area contributed by atoms with Gasteiger partial charge in [-0.25, -0.2) is 0 Å². The van der Waals surface area contributed by atoms with E-state index < -0.39 is 0 Å². The number of nitrogens with one attached hydrogen (secondary N) is 3. The van der Waals surface area contributed by atoms with Crippen molar-refractivity contribution in [1.82, 2.24) is 0 Å². The third-order valence-corrected chi connectivity index (χ3v) is 3.39. The fraction of sp³-hybridized carbons (Fsp3) is 0.133. The number of anilines is 3. The minimum absolute atomic E-state index is 0.0716. The van der Waals surface area contributed by atoms with Gasteiger partial charge in [0, 0.05) is 17.5 Å². The summed E-state index contributed by atoms with van der Waals surface area (Å²) in [6.45, 7) is 1.49. The number of hydrazine groups is 1. The van der Waals surface area contributed by atoms with Gasteiger partial charge >= 0.3 is 0 Å². The van der Waals surface area contributed by atoms with E-state index in [0.717, 1.165) is 17.1 Å². The van der Waals surface area contributed by atoms with Gasteiger partial charge in [0.05, 0.1) is 11.4 Å². The topological polar surface area (TPSA) is 53.2 Å². The molecule has 3 N–H and O–H groups in total. The van der Waals surface area contributed by atoms with Gasteiger partial charge in [-0.3, -0.25) is 4.79 Å². The average Bonchev–Trinajstić information content (AvgIpc) is 2.46. The normalized spacial score (nSPS) is 9.90. The van der Waals surface area contributed by atoms with Crippen LogP contribution >= 0.6 is 11.8 Å². The van der Waals surface area contributed by atoms with Crippen molar-refractivity contribution in [2.45, 2.75) is 11.8 Å². The number of carbonyl (C=O) groups is 1. The molecule has 0 unspecified atom stereocenters. The van der Waals surface area contributed by atoms with Crippen molar-refractivity contribution in [3.05, 3.63) is 48.5 Å². The van der Waals surface area contributed by atoms with Crippen molar-refractivity contribution in [2.75, 3.05) is 22.4 Å². The summed E-state index contributed by atoms with van der Waals surface area (Å²) in [6.07, 6.45) is 2.05. The molecule has 2 rings (SSSR count). The second-order valence-electron chi connectivity index (χ2n) is 4.24. The van der Waals surface area contributed by atoms with Crippen molar-refractivity contribution >= 4 is 34.7 Å². The smallest absolute Gasteiger partial charge is 0.221 e. The molecule has 4 nitrogen and oxygen atoms in total. The molecule has 0 radical (unpaired) electrons. The molecule has 0 saturated heterocycles. The maximum atomic E-state index is 10.9. The maximum absolute atomic E-state index is 10.9. The van der Waals surface area contributed by atoms with Crippen LogP contribution in [0, 0.1) is 0 Å². The highest BCUT2D eigenvalue weighted by molar-refractivity contribution is 7.98. The van der Waals surface area contributed by atoms with Crippen LogP contribution in [-0.2, 0) is 4.79 Å². The number of benzene rings is 2. The third kappa shape index (κ3) is 4.20. The number of amides is 1. The molecule has 0 bridgehead atoms. The zero-order chi connectivity index (χ0) is 14.4. The van der Waals surface area contributed by atoms with Gasteiger partial charge in [0.25, 0.3) is 0 Å². The first-order chi connectivity index (χ1) is 9.67. The quantitative estimate of drug-likeness (QED) is 0.578. The molecule has 1 amide bonds. The maximum Gasteiger partial charge on any atom is 0.221 e. The van der Waals surface area contributed by atoms with Crippen LogP contribution < -0.4 is 16.2 Å². The van der Waals surface area contributed by atoms with Crippen LogP contribution in [0.15, 0.2) is 53.4 Å². The van der Waals surface area contributed by atoms with E-state index in [1.807, 2.05) is 36.4 Å². The van der Waals surface area contributed by atoms with Crippen LogP contribution in [0.2, 0.25) is 0 Å². The molecule has 0 aliphatic carbocycles. The van der Waals surface area contributed by atoms with E-state index in [-0.39, 0.29) is 5.91 Å². The highest BCUT2D eigenvalue weighted by Gasteiger charge is 1.97. The van der Waals surface area contributed by atoms with Crippen LogP contribution in [0.5, 0.6) is 0 Å². The molecule has 0 heterocycles. The lowest BCUT2D eigenvalue weighted by Crippen LogP contribution is -2.09. The van der Waals surface area contributed by atoms with Gasteiger partial charge < -0.3 is 16.2 Å². The molecule has 0 atom stereocenters. The van der Waals surface area contributed by atoms with Crippen molar-refractivity contribution in [2.24, 2.45) is 0 Å². The summed E-state index contributed by atoms with van der Waals surface area (Å²) in [5.74, 6) is -0.0716. The molecule has 0 fully saturated rings. The van der Waals surface area contributed by atoms with Gasteiger partial charge in [0.2, 0.25) is 5.91 Å². The molecule has 20 heavy (non-hydrogen) atoms. The molecule has 104 valence electrons. The van der Waals surface area contributed by atoms with Crippen molar-refractivity contribution < 1.29 is 4.79 Å². The lowest BCUT2D eigenvalue weighted by Gasteiger charge is -2.11. The van der Waals surface area contributed by atoms with E-state index in [1.54, 1.807) is 11.8 Å². The summed E-state index contributed by atoms with van der Waals surface area (Å²) >= 11 is 1.72. The largest absolute Gasteiger partial charge is 0.326 e. The third-order valence-electron chi connectivity index (χ3n) is 2.65. The van der Waals surface area contributed by atoms with Crippen molar-refractivity contribution in [3.63, 3.8) is 0 Å². The molecule has 0 aliphatic heterocycles. The molecule has 0 aromatic heterocycles. The molecule has 5 heteroatoms. The summed E-state index contributed by atoms with van der Waals surface area (Å²) in [6, 6.07) is 15.7. The lowest BCUT2D eigenvalue weighted by molar-refractivity contribution is -0.114. The Kier molecular flexibility index (Phi) is 4.90. The molecular formula is C15H17N3OS. The van der Waals surface area contributed by atoms with Gasteiger partial charge in [0.15, 0.2) is 0 Å². The van der Waals surface area contributed by atoms with E-state index in [4.69, 9.17) is 0 Å². The highest BCUT2D eigenvalue weighted by atomic mass is 32.2. The van der Waals surface area contributed by atoms with Gasteiger partial charge in [-0.2, -0.15) is 0 Å². The first-order valence-corrected chi connectivity index (χ1v) is 7.43.